The zero-order valence-corrected chi connectivity index (χ0v) is 16.2. The molecule has 2 heterocycles. The molecule has 3 N–H and O–H groups in total. The molecule has 0 saturated heterocycles. The Kier molecular flexibility index (Phi) is 4.90. The number of anilines is 2. The number of nitrogens with zero attached hydrogens (tertiary/aromatic N) is 3. The van der Waals surface area contributed by atoms with E-state index in [1.165, 1.54) is 23.2 Å². The minimum Gasteiger partial charge on any atom is -0.394 e. The summed E-state index contributed by atoms with van der Waals surface area (Å²) in [5, 5.41) is 3.70. The van der Waals surface area contributed by atoms with Crippen molar-refractivity contribution in [1.29, 1.82) is 0 Å². The van der Waals surface area contributed by atoms with Crippen molar-refractivity contribution in [3.05, 3.63) is 87.9 Å². The van der Waals surface area contributed by atoms with Crippen molar-refractivity contribution in [2.24, 2.45) is 0 Å². The van der Waals surface area contributed by atoms with Gasteiger partial charge in [-0.15, -0.1) is 0 Å². The van der Waals surface area contributed by atoms with Gasteiger partial charge in [0.1, 0.15) is 12.1 Å². The molecule has 4 aromatic rings. The summed E-state index contributed by atoms with van der Waals surface area (Å²) >= 11 is 6.14. The Labute approximate surface area is 170 Å². The van der Waals surface area contributed by atoms with Crippen LogP contribution in [0.5, 0.6) is 0 Å². The molecule has 0 aliphatic rings. The van der Waals surface area contributed by atoms with Crippen molar-refractivity contribution in [3.8, 4) is 5.69 Å². The SMILES string of the molecule is CC(Nc1ncncc1N)c1cc2ccc(F)c(Cl)c2c(=O)n1-c1ccccc1. The first-order chi connectivity index (χ1) is 14.0. The van der Waals surface area contributed by atoms with E-state index in [1.807, 2.05) is 31.2 Å². The fraction of sp³-hybridized carbons (Fsp3) is 0.0952. The Morgan fingerprint density at radius 1 is 1.21 bits per heavy atom. The van der Waals surface area contributed by atoms with Gasteiger partial charge in [0.2, 0.25) is 0 Å². The summed E-state index contributed by atoms with van der Waals surface area (Å²) in [5.74, 6) is -0.180. The van der Waals surface area contributed by atoms with Crippen LogP contribution in [0.25, 0.3) is 16.5 Å². The van der Waals surface area contributed by atoms with Crippen molar-refractivity contribution in [2.45, 2.75) is 13.0 Å². The molecule has 6 nitrogen and oxygen atoms in total. The van der Waals surface area contributed by atoms with E-state index in [9.17, 15) is 9.18 Å². The van der Waals surface area contributed by atoms with Gasteiger partial charge in [-0.05, 0) is 36.6 Å². The zero-order valence-electron chi connectivity index (χ0n) is 15.4. The van der Waals surface area contributed by atoms with Crippen LogP contribution in [-0.4, -0.2) is 14.5 Å². The molecule has 0 amide bonds. The van der Waals surface area contributed by atoms with Crippen LogP contribution < -0.4 is 16.6 Å². The largest absolute Gasteiger partial charge is 0.394 e. The number of nitrogen functional groups attached to an aromatic ring is 1. The van der Waals surface area contributed by atoms with Gasteiger partial charge in [-0.3, -0.25) is 9.36 Å². The lowest BCUT2D eigenvalue weighted by molar-refractivity contribution is 0.629. The number of rotatable bonds is 4. The topological polar surface area (TPSA) is 85.8 Å². The van der Waals surface area contributed by atoms with E-state index in [2.05, 4.69) is 15.3 Å². The molecule has 146 valence electrons. The number of hydrogen-bond acceptors (Lipinski definition) is 5. The van der Waals surface area contributed by atoms with Crippen molar-refractivity contribution in [3.63, 3.8) is 0 Å². The Balaban J connectivity index is 1.96. The van der Waals surface area contributed by atoms with E-state index in [0.717, 1.165) is 0 Å². The second-order valence-corrected chi connectivity index (χ2v) is 6.94. The predicted octanol–water partition coefficient (Wildman–Crippen LogP) is 4.33. The zero-order chi connectivity index (χ0) is 20.5. The molecule has 2 aromatic heterocycles. The summed E-state index contributed by atoms with van der Waals surface area (Å²) in [7, 11) is 0. The highest BCUT2D eigenvalue weighted by Gasteiger charge is 2.20. The average molecular weight is 410 g/mol. The summed E-state index contributed by atoms with van der Waals surface area (Å²) in [6.45, 7) is 1.88. The lowest BCUT2D eigenvalue weighted by atomic mass is 10.1. The van der Waals surface area contributed by atoms with E-state index in [1.54, 1.807) is 18.2 Å². The predicted molar refractivity (Wildman–Crippen MR) is 113 cm³/mol. The number of benzene rings is 2. The first-order valence-corrected chi connectivity index (χ1v) is 9.26. The minimum atomic E-state index is -0.636. The molecule has 0 spiro atoms. The van der Waals surface area contributed by atoms with E-state index >= 15 is 0 Å². The fourth-order valence-electron chi connectivity index (χ4n) is 3.26. The van der Waals surface area contributed by atoms with Gasteiger partial charge < -0.3 is 11.1 Å². The van der Waals surface area contributed by atoms with Crippen LogP contribution in [0.1, 0.15) is 18.7 Å². The van der Waals surface area contributed by atoms with Crippen molar-refractivity contribution in [1.82, 2.24) is 14.5 Å². The number of fused-ring (bicyclic) bond motifs is 1. The second kappa shape index (κ2) is 7.52. The molecule has 29 heavy (non-hydrogen) atoms. The van der Waals surface area contributed by atoms with Crippen LogP contribution in [0.2, 0.25) is 5.02 Å². The maximum atomic E-state index is 14.0. The lowest BCUT2D eigenvalue weighted by Crippen LogP contribution is -2.26. The molecule has 0 aliphatic carbocycles. The quantitative estimate of drug-likeness (QED) is 0.524. The van der Waals surface area contributed by atoms with Crippen molar-refractivity contribution >= 4 is 33.9 Å². The minimum absolute atomic E-state index is 0.132. The Morgan fingerprint density at radius 3 is 2.69 bits per heavy atom. The van der Waals surface area contributed by atoms with E-state index in [-0.39, 0.29) is 16.5 Å². The van der Waals surface area contributed by atoms with Crippen LogP contribution in [0.3, 0.4) is 0 Å². The maximum absolute atomic E-state index is 14.0. The summed E-state index contributed by atoms with van der Waals surface area (Å²) < 4.78 is 15.5. The van der Waals surface area contributed by atoms with Gasteiger partial charge in [0.15, 0.2) is 5.82 Å². The molecule has 0 bridgehead atoms. The second-order valence-electron chi connectivity index (χ2n) is 6.56. The molecule has 0 saturated carbocycles. The van der Waals surface area contributed by atoms with Gasteiger partial charge in [-0.25, -0.2) is 14.4 Å². The van der Waals surface area contributed by atoms with Crippen LogP contribution in [0.4, 0.5) is 15.9 Å². The van der Waals surface area contributed by atoms with E-state index in [4.69, 9.17) is 17.3 Å². The molecule has 4 rings (SSSR count). The third kappa shape index (κ3) is 3.40. The first-order valence-electron chi connectivity index (χ1n) is 8.88. The van der Waals surface area contributed by atoms with Gasteiger partial charge >= 0.3 is 0 Å². The molecule has 2 aromatic carbocycles. The van der Waals surface area contributed by atoms with Gasteiger partial charge in [-0.2, -0.15) is 0 Å². The van der Waals surface area contributed by atoms with Crippen LogP contribution >= 0.6 is 11.6 Å². The molecular formula is C21H17ClFN5O. The summed E-state index contributed by atoms with van der Waals surface area (Å²) in [5.41, 5.74) is 7.21. The Bertz CT molecular complexity index is 1260. The summed E-state index contributed by atoms with van der Waals surface area (Å²) in [4.78, 5) is 21.4. The number of hydrogen-bond donors (Lipinski definition) is 2. The van der Waals surface area contributed by atoms with E-state index in [0.29, 0.717) is 28.3 Å². The molecule has 1 atom stereocenters. The highest BCUT2D eigenvalue weighted by Crippen LogP contribution is 2.29. The monoisotopic (exact) mass is 409 g/mol. The maximum Gasteiger partial charge on any atom is 0.264 e. The number of nitrogens with one attached hydrogen (secondary N) is 1. The molecule has 8 heteroatoms. The van der Waals surface area contributed by atoms with E-state index < -0.39 is 11.4 Å². The third-order valence-corrected chi connectivity index (χ3v) is 5.03. The number of halogens is 2. The molecule has 0 fully saturated rings. The van der Waals surface area contributed by atoms with Crippen LogP contribution in [0, 0.1) is 5.82 Å². The van der Waals surface area contributed by atoms with Gasteiger partial charge in [0.05, 0.1) is 28.3 Å². The average Bonchev–Trinajstić information content (AvgIpc) is 2.72. The first kappa shape index (κ1) is 18.9. The molecular weight excluding hydrogens is 393 g/mol. The van der Waals surface area contributed by atoms with Gasteiger partial charge in [0, 0.05) is 11.4 Å². The van der Waals surface area contributed by atoms with Crippen LogP contribution in [-0.2, 0) is 0 Å². The molecule has 0 radical (unpaired) electrons. The molecule has 1 unspecified atom stereocenters. The highest BCUT2D eigenvalue weighted by atomic mass is 35.5. The lowest BCUT2D eigenvalue weighted by Gasteiger charge is -2.22. The Hall–Kier alpha value is -3.45. The van der Waals surface area contributed by atoms with Gasteiger partial charge in [0.25, 0.3) is 5.56 Å². The Morgan fingerprint density at radius 2 is 1.97 bits per heavy atom. The number of nitrogens with two attached hydrogens (primary N) is 1. The standard InChI is InChI=1S/C21H17ClFN5O/c1-12(27-20-16(24)10-25-11-26-20)17-9-13-7-8-15(23)19(22)18(13)21(29)28(17)14-5-3-2-4-6-14/h2-12H,24H2,1H3,(H,25,26,27). The molecule has 0 aliphatic heterocycles. The van der Waals surface area contributed by atoms with Crippen LogP contribution in [0.15, 0.2) is 65.8 Å². The highest BCUT2D eigenvalue weighted by molar-refractivity contribution is 6.35. The third-order valence-electron chi connectivity index (χ3n) is 4.66. The fourth-order valence-corrected chi connectivity index (χ4v) is 3.51. The summed E-state index contributed by atoms with van der Waals surface area (Å²) in [6.07, 6.45) is 2.88. The number of aromatic nitrogens is 3. The number of para-hydroxylation sites is 1. The van der Waals surface area contributed by atoms with Crippen molar-refractivity contribution in [2.75, 3.05) is 11.1 Å². The number of pyridine rings is 1. The summed E-state index contributed by atoms with van der Waals surface area (Å²) in [6, 6.07) is 13.4. The smallest absolute Gasteiger partial charge is 0.264 e. The van der Waals surface area contributed by atoms with Gasteiger partial charge in [-0.1, -0.05) is 35.9 Å². The van der Waals surface area contributed by atoms with Crippen molar-refractivity contribution < 1.29 is 4.39 Å². The normalized spacial score (nSPS) is 12.1.